The molecule has 1 aromatic heterocycles. The van der Waals surface area contributed by atoms with Gasteiger partial charge in [0.2, 0.25) is 5.91 Å². The fourth-order valence-electron chi connectivity index (χ4n) is 2.35. The minimum Gasteiger partial charge on any atom is -0.480 e. The van der Waals surface area contributed by atoms with Crippen LogP contribution < -0.4 is 16.6 Å². The molecule has 8 heteroatoms. The maximum atomic E-state index is 12.1. The molecule has 0 fully saturated rings. The zero-order chi connectivity index (χ0) is 18.4. The van der Waals surface area contributed by atoms with Crippen molar-refractivity contribution >= 4 is 11.9 Å². The number of H-pyrrole nitrogens is 1. The molecule has 1 heterocycles. The first kappa shape index (κ1) is 18.2. The molecule has 0 spiro atoms. The fraction of sp³-hybridized carbons (Fsp3) is 0.294. The van der Waals surface area contributed by atoms with Gasteiger partial charge in [0.25, 0.3) is 5.56 Å². The normalized spacial score (nSPS) is 11.7. The van der Waals surface area contributed by atoms with Gasteiger partial charge in [0, 0.05) is 11.8 Å². The van der Waals surface area contributed by atoms with Gasteiger partial charge in [-0.25, -0.2) is 9.59 Å². The van der Waals surface area contributed by atoms with Crippen molar-refractivity contribution in [2.75, 3.05) is 0 Å². The molecular formula is C17H19N3O5. The first-order chi connectivity index (χ1) is 11.9. The molecule has 1 amide bonds. The lowest BCUT2D eigenvalue weighted by molar-refractivity contribution is -0.142. The minimum absolute atomic E-state index is 0.0331. The summed E-state index contributed by atoms with van der Waals surface area (Å²) in [6.07, 6.45) is 1.75. The Bertz CT molecular complexity index is 870. The van der Waals surface area contributed by atoms with Crippen molar-refractivity contribution < 1.29 is 14.7 Å². The molecule has 2 aromatic rings. The summed E-state index contributed by atoms with van der Waals surface area (Å²) < 4.78 is 1.09. The van der Waals surface area contributed by atoms with Gasteiger partial charge < -0.3 is 10.4 Å². The first-order valence-corrected chi connectivity index (χ1v) is 7.79. The van der Waals surface area contributed by atoms with Crippen LogP contribution >= 0.6 is 0 Å². The van der Waals surface area contributed by atoms with E-state index in [1.807, 2.05) is 6.07 Å². The molecule has 3 N–H and O–H groups in total. The highest BCUT2D eigenvalue weighted by molar-refractivity contribution is 5.84. The minimum atomic E-state index is -1.29. The van der Waals surface area contributed by atoms with E-state index in [4.69, 9.17) is 0 Å². The number of hydrogen-bond acceptors (Lipinski definition) is 4. The highest BCUT2D eigenvalue weighted by atomic mass is 16.4. The van der Waals surface area contributed by atoms with Gasteiger partial charge in [-0.05, 0) is 12.0 Å². The lowest BCUT2D eigenvalue weighted by Crippen LogP contribution is -2.46. The predicted molar refractivity (Wildman–Crippen MR) is 90.4 cm³/mol. The molecule has 1 unspecified atom stereocenters. The van der Waals surface area contributed by atoms with Crippen LogP contribution in [0.5, 0.6) is 0 Å². The Balaban J connectivity index is 2.14. The standard InChI is InChI=1S/C17H19N3O5/c1-2-12-9-20(17(25)19-15(12)22)10-13(16(23)24)18-14(21)8-11-6-4-3-5-7-11/h3-7,9,13H,2,8,10H2,1H3,(H,18,21)(H,23,24)(H,19,22,25). The highest BCUT2D eigenvalue weighted by Crippen LogP contribution is 2.00. The van der Waals surface area contributed by atoms with E-state index in [0.717, 1.165) is 10.1 Å². The monoisotopic (exact) mass is 345 g/mol. The van der Waals surface area contributed by atoms with Gasteiger partial charge in [0.15, 0.2) is 0 Å². The summed E-state index contributed by atoms with van der Waals surface area (Å²) >= 11 is 0. The summed E-state index contributed by atoms with van der Waals surface area (Å²) in [4.78, 5) is 49.0. The van der Waals surface area contributed by atoms with Crippen molar-refractivity contribution in [3.05, 3.63) is 68.5 Å². The van der Waals surface area contributed by atoms with E-state index in [1.54, 1.807) is 31.2 Å². The Morgan fingerprint density at radius 3 is 2.52 bits per heavy atom. The number of rotatable bonds is 7. The second-order valence-electron chi connectivity index (χ2n) is 5.54. The van der Waals surface area contributed by atoms with E-state index < -0.39 is 29.2 Å². The molecule has 0 radical (unpaired) electrons. The SMILES string of the molecule is CCc1cn(CC(NC(=O)Cc2ccccc2)C(=O)O)c(=O)[nH]c1=O. The molecule has 0 bridgehead atoms. The summed E-state index contributed by atoms with van der Waals surface area (Å²) in [5.74, 6) is -1.73. The zero-order valence-electron chi connectivity index (χ0n) is 13.7. The number of carboxylic acids is 1. The number of carbonyl (C=O) groups is 2. The molecule has 0 saturated heterocycles. The number of carbonyl (C=O) groups excluding carboxylic acids is 1. The van der Waals surface area contributed by atoms with Gasteiger partial charge in [-0.15, -0.1) is 0 Å². The number of aliphatic carboxylic acids is 1. The van der Waals surface area contributed by atoms with Crippen LogP contribution in [-0.4, -0.2) is 32.6 Å². The number of carboxylic acid groups (broad SMARTS) is 1. The Hall–Kier alpha value is -3.16. The Kier molecular flexibility index (Phi) is 5.89. The molecule has 132 valence electrons. The number of hydrogen-bond donors (Lipinski definition) is 3. The number of amides is 1. The van der Waals surface area contributed by atoms with Crippen LogP contribution in [-0.2, 0) is 29.0 Å². The summed E-state index contributed by atoms with van der Waals surface area (Å²) in [6.45, 7) is 1.47. The van der Waals surface area contributed by atoms with Crippen molar-refractivity contribution in [3.8, 4) is 0 Å². The van der Waals surface area contributed by atoms with E-state index in [-0.39, 0.29) is 13.0 Å². The number of benzene rings is 1. The zero-order valence-corrected chi connectivity index (χ0v) is 13.7. The van der Waals surface area contributed by atoms with Crippen LogP contribution in [0.25, 0.3) is 0 Å². The van der Waals surface area contributed by atoms with Gasteiger partial charge in [-0.1, -0.05) is 37.3 Å². The summed E-state index contributed by atoms with van der Waals surface area (Å²) in [7, 11) is 0. The number of nitrogens with zero attached hydrogens (tertiary/aromatic N) is 1. The molecule has 0 aliphatic rings. The third-order valence-corrected chi connectivity index (χ3v) is 3.69. The molecule has 2 rings (SSSR count). The maximum Gasteiger partial charge on any atom is 0.328 e. The molecule has 0 aliphatic heterocycles. The predicted octanol–water partition coefficient (Wildman–Crippen LogP) is -0.0889. The van der Waals surface area contributed by atoms with Gasteiger partial charge in [0.05, 0.1) is 13.0 Å². The Morgan fingerprint density at radius 2 is 1.92 bits per heavy atom. The molecule has 25 heavy (non-hydrogen) atoms. The summed E-state index contributed by atoms with van der Waals surface area (Å²) in [5.41, 5.74) is -0.104. The topological polar surface area (TPSA) is 121 Å². The van der Waals surface area contributed by atoms with Gasteiger partial charge in [-0.2, -0.15) is 0 Å². The number of aromatic nitrogens is 2. The van der Waals surface area contributed by atoms with Gasteiger partial charge >= 0.3 is 11.7 Å². The lowest BCUT2D eigenvalue weighted by atomic mass is 10.1. The number of nitrogens with one attached hydrogen (secondary N) is 2. The molecule has 1 atom stereocenters. The largest absolute Gasteiger partial charge is 0.480 e. The lowest BCUT2D eigenvalue weighted by Gasteiger charge is -2.16. The Labute approximate surface area is 143 Å². The van der Waals surface area contributed by atoms with Crippen molar-refractivity contribution in [2.24, 2.45) is 0 Å². The number of aryl methyl sites for hydroxylation is 1. The third kappa shape index (κ3) is 4.90. The van der Waals surface area contributed by atoms with Gasteiger partial charge in [-0.3, -0.25) is 19.1 Å². The Morgan fingerprint density at radius 1 is 1.24 bits per heavy atom. The average Bonchev–Trinajstić information content (AvgIpc) is 2.57. The molecule has 8 nitrogen and oxygen atoms in total. The molecule has 0 saturated carbocycles. The quantitative estimate of drug-likeness (QED) is 0.647. The van der Waals surface area contributed by atoms with Crippen molar-refractivity contribution in [1.82, 2.24) is 14.9 Å². The van der Waals surface area contributed by atoms with E-state index in [1.165, 1.54) is 6.20 Å². The fourth-order valence-corrected chi connectivity index (χ4v) is 2.35. The van der Waals surface area contributed by atoms with Crippen molar-refractivity contribution in [3.63, 3.8) is 0 Å². The van der Waals surface area contributed by atoms with Crippen LogP contribution in [0.2, 0.25) is 0 Å². The van der Waals surface area contributed by atoms with Crippen LogP contribution in [0.1, 0.15) is 18.1 Å². The summed E-state index contributed by atoms with van der Waals surface area (Å²) in [5, 5.41) is 11.7. The second-order valence-corrected chi connectivity index (χ2v) is 5.54. The van der Waals surface area contributed by atoms with Crippen molar-refractivity contribution in [1.29, 1.82) is 0 Å². The molecular weight excluding hydrogens is 326 g/mol. The van der Waals surface area contributed by atoms with Gasteiger partial charge in [0.1, 0.15) is 6.04 Å². The third-order valence-electron chi connectivity index (χ3n) is 3.69. The van der Waals surface area contributed by atoms with E-state index in [0.29, 0.717) is 12.0 Å². The van der Waals surface area contributed by atoms with E-state index in [9.17, 15) is 24.3 Å². The second kappa shape index (κ2) is 8.09. The average molecular weight is 345 g/mol. The van der Waals surface area contributed by atoms with Crippen molar-refractivity contribution in [2.45, 2.75) is 32.4 Å². The molecule has 1 aromatic carbocycles. The molecule has 0 aliphatic carbocycles. The first-order valence-electron chi connectivity index (χ1n) is 7.79. The maximum absolute atomic E-state index is 12.1. The van der Waals surface area contributed by atoms with Crippen LogP contribution in [0.3, 0.4) is 0 Å². The van der Waals surface area contributed by atoms with E-state index >= 15 is 0 Å². The summed E-state index contributed by atoms with van der Waals surface area (Å²) in [6, 6.07) is 7.61. The van der Waals surface area contributed by atoms with Crippen LogP contribution in [0.4, 0.5) is 0 Å². The van der Waals surface area contributed by atoms with E-state index in [2.05, 4.69) is 10.3 Å². The number of aromatic amines is 1. The van der Waals surface area contributed by atoms with Crippen LogP contribution in [0, 0.1) is 0 Å². The highest BCUT2D eigenvalue weighted by Gasteiger charge is 2.21. The van der Waals surface area contributed by atoms with Crippen LogP contribution in [0.15, 0.2) is 46.1 Å². The smallest absolute Gasteiger partial charge is 0.328 e.